The molecule has 3 rings (SSSR count). The predicted molar refractivity (Wildman–Crippen MR) is 143 cm³/mol. The molecule has 5 N–H and O–H groups in total. The Kier molecular flexibility index (Phi) is 10.6. The number of fused-ring (bicyclic) bond motifs is 1. The van der Waals surface area contributed by atoms with Crippen LogP contribution in [0.2, 0.25) is 10.0 Å². The fourth-order valence-electron chi connectivity index (χ4n) is 3.64. The van der Waals surface area contributed by atoms with Gasteiger partial charge in [0.2, 0.25) is 0 Å². The Balaban J connectivity index is 1.60. The van der Waals surface area contributed by atoms with Crippen LogP contribution in [0.4, 0.5) is 0 Å². The van der Waals surface area contributed by atoms with Gasteiger partial charge in [-0.3, -0.25) is 4.79 Å². The van der Waals surface area contributed by atoms with Gasteiger partial charge in [0.15, 0.2) is 0 Å². The van der Waals surface area contributed by atoms with Crippen molar-refractivity contribution in [1.29, 1.82) is 0 Å². The van der Waals surface area contributed by atoms with E-state index in [1.165, 1.54) is 0 Å². The molecular weight excluding hydrogens is 469 g/mol. The van der Waals surface area contributed by atoms with Gasteiger partial charge >= 0.3 is 0 Å². The normalized spacial score (nSPS) is 11.2. The molecule has 0 aliphatic heterocycles. The average molecular weight is 502 g/mol. The third-order valence-electron chi connectivity index (χ3n) is 5.55. The number of nitrogens with two attached hydrogens (primary N) is 1. The molecule has 3 aromatic rings. The number of halogens is 2. The summed E-state index contributed by atoms with van der Waals surface area (Å²) in [5, 5.41) is 11.9. The minimum atomic E-state index is -0.117. The van der Waals surface area contributed by atoms with E-state index in [-0.39, 0.29) is 5.91 Å². The third-order valence-corrected chi connectivity index (χ3v) is 6.21. The molecule has 182 valence electrons. The first-order valence-corrected chi connectivity index (χ1v) is 12.5. The summed E-state index contributed by atoms with van der Waals surface area (Å²) < 4.78 is 0. The Hall–Kier alpha value is -2.22. The highest BCUT2D eigenvalue weighted by atomic mass is 35.5. The number of benzene rings is 2. The van der Waals surface area contributed by atoms with Gasteiger partial charge in [-0.05, 0) is 94.8 Å². The lowest BCUT2D eigenvalue weighted by Gasteiger charge is -2.12. The Bertz CT molecular complexity index is 1090. The smallest absolute Gasteiger partial charge is 0.252 e. The third kappa shape index (κ3) is 7.65. The molecule has 0 bridgehead atoms. The largest absolute Gasteiger partial charge is 0.352 e. The summed E-state index contributed by atoms with van der Waals surface area (Å²) in [6, 6.07) is 13.0. The molecule has 0 saturated heterocycles. The van der Waals surface area contributed by atoms with Crippen LogP contribution < -0.4 is 21.7 Å². The number of hydrogen-bond donors (Lipinski definition) is 4. The molecule has 0 saturated carbocycles. The maximum Gasteiger partial charge on any atom is 0.252 e. The van der Waals surface area contributed by atoms with Crippen molar-refractivity contribution < 1.29 is 4.79 Å². The molecule has 1 amide bonds. The van der Waals surface area contributed by atoms with Crippen LogP contribution in [0.3, 0.4) is 0 Å². The molecule has 34 heavy (non-hydrogen) atoms. The van der Waals surface area contributed by atoms with E-state index in [1.54, 1.807) is 0 Å². The highest BCUT2D eigenvalue weighted by molar-refractivity contribution is 6.32. The number of amides is 1. The maximum atomic E-state index is 13.1. The van der Waals surface area contributed by atoms with Crippen molar-refractivity contribution in [2.75, 3.05) is 39.3 Å². The van der Waals surface area contributed by atoms with E-state index in [9.17, 15) is 4.79 Å². The molecule has 0 fully saturated rings. The van der Waals surface area contributed by atoms with Gasteiger partial charge < -0.3 is 21.7 Å². The predicted octanol–water partition coefficient (Wildman–Crippen LogP) is 4.56. The second-order valence-corrected chi connectivity index (χ2v) is 9.13. The number of hydrogen-bond acceptors (Lipinski definition) is 5. The molecule has 0 spiro atoms. The zero-order valence-electron chi connectivity index (χ0n) is 19.6. The Labute approximate surface area is 211 Å². The molecule has 0 radical (unpaired) electrons. The van der Waals surface area contributed by atoms with Crippen LogP contribution in [0.15, 0.2) is 42.5 Å². The first kappa shape index (κ1) is 26.4. The minimum absolute atomic E-state index is 0.117. The highest BCUT2D eigenvalue weighted by Crippen LogP contribution is 2.29. The molecule has 1 heterocycles. The van der Waals surface area contributed by atoms with Crippen LogP contribution in [0, 0.1) is 6.92 Å². The van der Waals surface area contributed by atoms with Crippen LogP contribution >= 0.6 is 23.2 Å². The van der Waals surface area contributed by atoms with Gasteiger partial charge in [0.05, 0.1) is 16.8 Å². The SMILES string of the molecule is Cc1cc2c(C(=O)NCCCNCCCNCCCN)cc(-c3ccc(Cl)cc3)nc2cc1Cl. The molecule has 0 aliphatic carbocycles. The van der Waals surface area contributed by atoms with Crippen molar-refractivity contribution in [3.8, 4) is 11.3 Å². The van der Waals surface area contributed by atoms with Gasteiger partial charge in [-0.25, -0.2) is 4.98 Å². The van der Waals surface area contributed by atoms with Crippen molar-refractivity contribution in [3.63, 3.8) is 0 Å². The monoisotopic (exact) mass is 501 g/mol. The number of aryl methyl sites for hydroxylation is 1. The zero-order valence-corrected chi connectivity index (χ0v) is 21.1. The molecule has 0 atom stereocenters. The van der Waals surface area contributed by atoms with Gasteiger partial charge in [0, 0.05) is 27.5 Å². The van der Waals surface area contributed by atoms with Crippen molar-refractivity contribution in [2.24, 2.45) is 5.73 Å². The van der Waals surface area contributed by atoms with E-state index in [2.05, 4.69) is 16.0 Å². The summed E-state index contributed by atoms with van der Waals surface area (Å²) in [5.41, 5.74) is 9.26. The topological polar surface area (TPSA) is 92.1 Å². The van der Waals surface area contributed by atoms with E-state index < -0.39 is 0 Å². The van der Waals surface area contributed by atoms with E-state index >= 15 is 0 Å². The molecule has 8 heteroatoms. The number of carbonyl (C=O) groups is 1. The molecule has 6 nitrogen and oxygen atoms in total. The van der Waals surface area contributed by atoms with Crippen LogP contribution in [0.25, 0.3) is 22.2 Å². The van der Waals surface area contributed by atoms with Gasteiger partial charge in [-0.1, -0.05) is 35.3 Å². The lowest BCUT2D eigenvalue weighted by molar-refractivity contribution is 0.0955. The summed E-state index contributed by atoms with van der Waals surface area (Å²) >= 11 is 12.4. The highest BCUT2D eigenvalue weighted by Gasteiger charge is 2.15. The summed E-state index contributed by atoms with van der Waals surface area (Å²) in [6.45, 7) is 7.00. The lowest BCUT2D eigenvalue weighted by atomic mass is 10.0. The molecular formula is C26H33Cl2N5O. The summed E-state index contributed by atoms with van der Waals surface area (Å²) in [5.74, 6) is -0.117. The Morgan fingerprint density at radius 3 is 2.24 bits per heavy atom. The fraction of sp³-hybridized carbons (Fsp3) is 0.385. The molecule has 0 unspecified atom stereocenters. The summed E-state index contributed by atoms with van der Waals surface area (Å²) in [6.07, 6.45) is 2.92. The standard InChI is InChI=1S/C26H33Cl2N5O/c1-18-15-21-22(26(34)32-14-4-13-31-12-3-11-30-10-2-9-29)16-24(33-25(21)17-23(18)28)19-5-7-20(27)8-6-19/h5-8,15-17,30-31H,2-4,9-14,29H2,1H3,(H,32,34). The van der Waals surface area contributed by atoms with E-state index in [4.69, 9.17) is 33.9 Å². The van der Waals surface area contributed by atoms with Crippen LogP contribution in [0.5, 0.6) is 0 Å². The minimum Gasteiger partial charge on any atom is -0.352 e. The van der Waals surface area contributed by atoms with Crippen LogP contribution in [-0.2, 0) is 0 Å². The quantitative estimate of drug-likeness (QED) is 0.258. The Morgan fingerprint density at radius 1 is 0.912 bits per heavy atom. The fourth-order valence-corrected chi connectivity index (χ4v) is 3.92. The van der Waals surface area contributed by atoms with E-state index in [0.29, 0.717) is 33.4 Å². The molecule has 2 aromatic carbocycles. The van der Waals surface area contributed by atoms with Gasteiger partial charge in [0.25, 0.3) is 5.91 Å². The van der Waals surface area contributed by atoms with Gasteiger partial charge in [-0.2, -0.15) is 0 Å². The second kappa shape index (κ2) is 13.6. The first-order chi connectivity index (χ1) is 16.5. The lowest BCUT2D eigenvalue weighted by Crippen LogP contribution is -2.29. The number of nitrogens with zero attached hydrogens (tertiary/aromatic N) is 1. The van der Waals surface area contributed by atoms with Crippen molar-refractivity contribution in [1.82, 2.24) is 20.9 Å². The van der Waals surface area contributed by atoms with Gasteiger partial charge in [0.1, 0.15) is 0 Å². The number of rotatable bonds is 13. The number of pyridine rings is 1. The van der Waals surface area contributed by atoms with Crippen molar-refractivity contribution in [2.45, 2.75) is 26.2 Å². The van der Waals surface area contributed by atoms with Gasteiger partial charge in [-0.15, -0.1) is 0 Å². The summed E-state index contributed by atoms with van der Waals surface area (Å²) in [7, 11) is 0. The van der Waals surface area contributed by atoms with E-state index in [0.717, 1.165) is 68.5 Å². The zero-order chi connectivity index (χ0) is 24.3. The molecule has 1 aromatic heterocycles. The maximum absolute atomic E-state index is 13.1. The summed E-state index contributed by atoms with van der Waals surface area (Å²) in [4.78, 5) is 17.9. The van der Waals surface area contributed by atoms with E-state index in [1.807, 2.05) is 49.4 Å². The first-order valence-electron chi connectivity index (χ1n) is 11.8. The average Bonchev–Trinajstić information content (AvgIpc) is 2.83. The number of aromatic nitrogens is 1. The number of nitrogens with one attached hydrogen (secondary N) is 3. The van der Waals surface area contributed by atoms with Crippen molar-refractivity contribution in [3.05, 3.63) is 63.6 Å². The number of carbonyl (C=O) groups excluding carboxylic acids is 1. The Morgan fingerprint density at radius 2 is 1.56 bits per heavy atom. The van der Waals surface area contributed by atoms with Crippen molar-refractivity contribution >= 4 is 40.0 Å². The van der Waals surface area contributed by atoms with Crippen LogP contribution in [-0.4, -0.2) is 50.2 Å². The van der Waals surface area contributed by atoms with Crippen LogP contribution in [0.1, 0.15) is 35.2 Å². The molecule has 0 aliphatic rings. The second-order valence-electron chi connectivity index (χ2n) is 8.29.